The molecule has 0 radical (unpaired) electrons. The van der Waals surface area contributed by atoms with E-state index in [2.05, 4.69) is 45.0 Å². The van der Waals surface area contributed by atoms with Crippen LogP contribution in [-0.2, 0) is 4.79 Å². The molecule has 2 atom stereocenters. The highest BCUT2D eigenvalue weighted by atomic mass is 32.1. The van der Waals surface area contributed by atoms with Crippen molar-refractivity contribution in [2.45, 2.75) is 32.9 Å². The molecule has 1 fully saturated rings. The molecular weight excluding hydrogens is 470 g/mol. The average Bonchev–Trinajstić information content (AvgIpc) is 3.35. The van der Waals surface area contributed by atoms with Crippen LogP contribution in [0.2, 0.25) is 0 Å². The van der Waals surface area contributed by atoms with Crippen LogP contribution >= 0.6 is 12.2 Å². The molecule has 0 unspecified atom stereocenters. The number of aromatic hydroxyl groups is 1. The zero-order chi connectivity index (χ0) is 25.4. The molecule has 3 heterocycles. The van der Waals surface area contributed by atoms with Crippen LogP contribution in [0.3, 0.4) is 0 Å². The van der Waals surface area contributed by atoms with E-state index < -0.39 is 0 Å². The fraction of sp³-hybridized carbons (Fsp3) is 0.179. The molecule has 1 amide bonds. The SMILES string of the molecule is CC(=O)Nc1ccc(N2C(=S)N[C@H](c3ccccn3)[C@H]2c2cc(C)n(-c3ccc(O)cc3)c2C)cc1. The lowest BCUT2D eigenvalue weighted by Gasteiger charge is -2.28. The number of aryl methyl sites for hydroxylation is 1. The zero-order valence-corrected chi connectivity index (χ0v) is 21.1. The molecule has 36 heavy (non-hydrogen) atoms. The van der Waals surface area contributed by atoms with Crippen molar-refractivity contribution in [2.24, 2.45) is 0 Å². The second kappa shape index (κ2) is 9.47. The average molecular weight is 498 g/mol. The fourth-order valence-corrected chi connectivity index (χ4v) is 5.29. The minimum absolute atomic E-state index is 0.115. The molecule has 2 aromatic carbocycles. The van der Waals surface area contributed by atoms with Gasteiger partial charge in [0.05, 0.1) is 17.8 Å². The number of carbonyl (C=O) groups excluding carboxylic acids is 1. The maximum atomic E-state index is 11.5. The van der Waals surface area contributed by atoms with Crippen molar-refractivity contribution in [3.8, 4) is 11.4 Å². The molecule has 7 nitrogen and oxygen atoms in total. The Morgan fingerprint density at radius 2 is 1.72 bits per heavy atom. The summed E-state index contributed by atoms with van der Waals surface area (Å²) in [4.78, 5) is 18.2. The first-order valence-corrected chi connectivity index (χ1v) is 12.1. The van der Waals surface area contributed by atoms with Crippen LogP contribution in [0.4, 0.5) is 11.4 Å². The summed E-state index contributed by atoms with van der Waals surface area (Å²) in [6.07, 6.45) is 1.79. The van der Waals surface area contributed by atoms with E-state index in [9.17, 15) is 9.90 Å². The van der Waals surface area contributed by atoms with Crippen molar-refractivity contribution >= 4 is 34.6 Å². The number of hydrogen-bond acceptors (Lipinski definition) is 4. The van der Waals surface area contributed by atoms with E-state index in [1.807, 2.05) is 54.6 Å². The number of pyridine rings is 1. The Kier molecular flexibility index (Phi) is 6.20. The van der Waals surface area contributed by atoms with Gasteiger partial charge in [-0.05, 0) is 98.4 Å². The molecule has 1 aliphatic rings. The Morgan fingerprint density at radius 3 is 2.36 bits per heavy atom. The van der Waals surface area contributed by atoms with Crippen molar-refractivity contribution in [1.29, 1.82) is 0 Å². The highest BCUT2D eigenvalue weighted by Gasteiger charge is 2.42. The van der Waals surface area contributed by atoms with Crippen LogP contribution in [-0.4, -0.2) is 25.7 Å². The van der Waals surface area contributed by atoms with Gasteiger partial charge in [-0.25, -0.2) is 0 Å². The summed E-state index contributed by atoms with van der Waals surface area (Å²) in [6, 6.07) is 22.7. The first-order valence-electron chi connectivity index (χ1n) is 11.7. The molecule has 0 bridgehead atoms. The number of carbonyl (C=O) groups is 1. The molecule has 1 saturated heterocycles. The molecule has 0 saturated carbocycles. The summed E-state index contributed by atoms with van der Waals surface area (Å²) >= 11 is 5.85. The van der Waals surface area contributed by atoms with Crippen LogP contribution in [0.5, 0.6) is 5.75 Å². The largest absolute Gasteiger partial charge is 0.508 e. The number of hydrogen-bond donors (Lipinski definition) is 3. The Bertz CT molecular complexity index is 1420. The van der Waals surface area contributed by atoms with Crippen LogP contribution in [0.15, 0.2) is 79.0 Å². The van der Waals surface area contributed by atoms with Gasteiger partial charge in [0.1, 0.15) is 5.75 Å². The lowest BCUT2D eigenvalue weighted by atomic mass is 9.96. The second-order valence-corrected chi connectivity index (χ2v) is 9.29. The zero-order valence-electron chi connectivity index (χ0n) is 20.3. The summed E-state index contributed by atoms with van der Waals surface area (Å²) in [5.41, 5.74) is 6.80. The lowest BCUT2D eigenvalue weighted by molar-refractivity contribution is -0.114. The van der Waals surface area contributed by atoms with Gasteiger partial charge in [0.15, 0.2) is 5.11 Å². The van der Waals surface area contributed by atoms with Gasteiger partial charge >= 0.3 is 0 Å². The molecule has 182 valence electrons. The summed E-state index contributed by atoms with van der Waals surface area (Å²) in [6.45, 7) is 5.67. The number of phenolic OH excluding ortho intramolecular Hbond substituents is 1. The van der Waals surface area contributed by atoms with E-state index in [0.717, 1.165) is 39.7 Å². The van der Waals surface area contributed by atoms with Crippen molar-refractivity contribution in [3.05, 3.63) is 102 Å². The van der Waals surface area contributed by atoms with E-state index >= 15 is 0 Å². The monoisotopic (exact) mass is 497 g/mol. The van der Waals surface area contributed by atoms with Gasteiger partial charge in [-0.1, -0.05) is 6.07 Å². The van der Waals surface area contributed by atoms with Gasteiger partial charge in [0.25, 0.3) is 0 Å². The summed E-state index contributed by atoms with van der Waals surface area (Å²) in [5.74, 6) is 0.117. The van der Waals surface area contributed by atoms with Crippen molar-refractivity contribution in [1.82, 2.24) is 14.9 Å². The Balaban J connectivity index is 1.62. The van der Waals surface area contributed by atoms with Gasteiger partial charge in [0.2, 0.25) is 5.91 Å². The van der Waals surface area contributed by atoms with Gasteiger partial charge in [-0.15, -0.1) is 0 Å². The normalized spacial score (nSPS) is 17.2. The first-order chi connectivity index (χ1) is 17.3. The first kappa shape index (κ1) is 23.6. The molecule has 2 aromatic heterocycles. The van der Waals surface area contributed by atoms with E-state index in [4.69, 9.17) is 12.2 Å². The Hall–Kier alpha value is -4.17. The third-order valence-corrected chi connectivity index (χ3v) is 6.78. The number of rotatable bonds is 5. The topological polar surface area (TPSA) is 82.4 Å². The minimum atomic E-state index is -0.164. The van der Waals surface area contributed by atoms with Crippen molar-refractivity contribution in [3.63, 3.8) is 0 Å². The predicted octanol–water partition coefficient (Wildman–Crippen LogP) is 5.33. The van der Waals surface area contributed by atoms with E-state index in [-0.39, 0.29) is 23.7 Å². The third kappa shape index (κ3) is 4.31. The Labute approximate surface area is 215 Å². The number of amides is 1. The van der Waals surface area contributed by atoms with Crippen LogP contribution in [0.1, 0.15) is 41.7 Å². The number of benzene rings is 2. The van der Waals surface area contributed by atoms with Gasteiger partial charge < -0.3 is 25.2 Å². The predicted molar refractivity (Wildman–Crippen MR) is 146 cm³/mol. The molecule has 4 aromatic rings. The van der Waals surface area contributed by atoms with Crippen molar-refractivity contribution in [2.75, 3.05) is 10.2 Å². The lowest BCUT2D eigenvalue weighted by Crippen LogP contribution is -2.29. The van der Waals surface area contributed by atoms with E-state index in [0.29, 0.717) is 5.11 Å². The standard InChI is InChI=1S/C28H27N5O2S/c1-17-16-24(18(2)32(17)21-11-13-23(35)14-12-21)27-26(25-6-4-5-15-29-25)31-28(36)33(27)22-9-7-20(8-10-22)30-19(3)34/h4-16,26-27,35H,1-3H3,(H,30,34)(H,31,36)/t26-,27-/m1/s1. The quantitative estimate of drug-likeness (QED) is 0.323. The smallest absolute Gasteiger partial charge is 0.221 e. The minimum Gasteiger partial charge on any atom is -0.508 e. The maximum absolute atomic E-state index is 11.5. The molecular formula is C28H27N5O2S. The number of aromatic nitrogens is 2. The second-order valence-electron chi connectivity index (χ2n) is 8.90. The van der Waals surface area contributed by atoms with Crippen LogP contribution in [0.25, 0.3) is 5.69 Å². The van der Waals surface area contributed by atoms with E-state index in [1.165, 1.54) is 6.92 Å². The molecule has 0 aliphatic carbocycles. The van der Waals surface area contributed by atoms with Crippen LogP contribution in [0, 0.1) is 13.8 Å². The summed E-state index contributed by atoms with van der Waals surface area (Å²) < 4.78 is 2.18. The van der Waals surface area contributed by atoms with E-state index in [1.54, 1.807) is 18.3 Å². The van der Waals surface area contributed by atoms with Gasteiger partial charge in [0, 0.05) is 41.6 Å². The highest BCUT2D eigenvalue weighted by molar-refractivity contribution is 7.80. The summed E-state index contributed by atoms with van der Waals surface area (Å²) in [7, 11) is 0. The molecule has 3 N–H and O–H groups in total. The summed E-state index contributed by atoms with van der Waals surface area (Å²) in [5, 5.41) is 16.7. The molecule has 1 aliphatic heterocycles. The maximum Gasteiger partial charge on any atom is 0.221 e. The van der Waals surface area contributed by atoms with Crippen molar-refractivity contribution < 1.29 is 9.90 Å². The molecule has 5 rings (SSSR count). The number of phenols is 1. The molecule has 0 spiro atoms. The highest BCUT2D eigenvalue weighted by Crippen LogP contribution is 2.44. The number of thiocarbonyl (C=S) groups is 1. The van der Waals surface area contributed by atoms with Gasteiger partial charge in [-0.3, -0.25) is 9.78 Å². The Morgan fingerprint density at radius 1 is 1.03 bits per heavy atom. The molecule has 8 heteroatoms. The third-order valence-electron chi connectivity index (χ3n) is 6.46. The number of anilines is 2. The van der Waals surface area contributed by atoms with Crippen LogP contribution < -0.4 is 15.5 Å². The fourth-order valence-electron chi connectivity index (χ4n) is 4.94. The number of nitrogens with zero attached hydrogens (tertiary/aromatic N) is 3. The van der Waals surface area contributed by atoms with Gasteiger partial charge in [-0.2, -0.15) is 0 Å². The number of nitrogens with one attached hydrogen (secondary N) is 2.